The molecule has 2 aliphatic heterocycles. The van der Waals surface area contributed by atoms with E-state index in [1.165, 1.54) is 57.4 Å². The van der Waals surface area contributed by atoms with Crippen LogP contribution in [-0.4, -0.2) is 130 Å². The highest BCUT2D eigenvalue weighted by Crippen LogP contribution is 2.27. The molecule has 2 saturated heterocycles. The number of carbonyl (C=O) groups excluding carboxylic acids is 3. The number of nitrogens with zero attached hydrogens (tertiary/aromatic N) is 7. The molecular weight excluding hydrogens is 1230 g/mol. The van der Waals surface area contributed by atoms with Crippen molar-refractivity contribution in [2.75, 3.05) is 72.5 Å². The molecule has 0 aliphatic carbocycles. The number of likely N-dealkylation sites (tertiary alicyclic amines) is 2. The molecule has 6 aromatic carbocycles. The predicted octanol–water partition coefficient (Wildman–Crippen LogP) is 15.2. The van der Waals surface area contributed by atoms with Crippen LogP contribution in [0.15, 0.2) is 195 Å². The lowest BCUT2D eigenvalue weighted by molar-refractivity contribution is 0.0943. The molecule has 0 radical (unpaired) electrons. The SMILES string of the molecule is CC(C)CNC(=O)c1cn(CCCNCC(C)c2ccccc2)c2ccccc12.CN(CCCn1cc(C(=O)NCc2ccc(Cl)cc2)c2ccccc21)CCc1ccccn1.O=C(NCc1ccc(Cl)cc1)c1cn(CCCN2CCC(N3CCCC3)CC2)c2ccccc12. The van der Waals surface area contributed by atoms with Crippen molar-refractivity contribution in [3.05, 3.63) is 244 Å². The van der Waals surface area contributed by atoms with Crippen LogP contribution in [0.1, 0.15) is 125 Å². The standard InChI is InChI=1S/C28H35ClN4O.C27H29ClN4O.C25H33N3O/c29-23-10-8-22(9-11-23)20-30-28(34)26-21-33(27-7-2-1-6-25(26)27)17-5-14-31-18-12-24(13-19-31)32-15-3-4-16-32;1-31(18-14-23-7-4-5-15-29-23)16-6-17-32-20-25(24-8-2-3-9-26(24)32)27(33)30-19-21-10-12-22(28)13-11-21;1-19(2)16-27-25(29)23-18-28(24-13-8-7-12-22(23)24)15-9-14-26-17-20(3)21-10-5-4-6-11-21/h1-2,6-11,21,24H,3-5,12-20H2,(H,30,34);2-5,7-13,15,20H,6,14,16-19H2,1H3,(H,30,33);4-8,10-13,18-20,26H,9,14-17H2,1-3H3,(H,27,29). The lowest BCUT2D eigenvalue weighted by Crippen LogP contribution is -2.44. The third kappa shape index (κ3) is 20.5. The molecular formula is C80H97Cl2N11O3. The monoisotopic (exact) mass is 1330 g/mol. The summed E-state index contributed by atoms with van der Waals surface area (Å²) in [6, 6.07) is 57.1. The van der Waals surface area contributed by atoms with Crippen molar-refractivity contribution >= 4 is 73.6 Å². The van der Waals surface area contributed by atoms with E-state index >= 15 is 0 Å². The van der Waals surface area contributed by atoms with Crippen LogP contribution in [0.5, 0.6) is 0 Å². The Hall–Kier alpha value is -8.08. The largest absolute Gasteiger partial charge is 0.352 e. The van der Waals surface area contributed by atoms with E-state index < -0.39 is 0 Å². The third-order valence-electron chi connectivity index (χ3n) is 18.6. The number of carbonyl (C=O) groups is 3. The van der Waals surface area contributed by atoms with Crippen molar-refractivity contribution in [1.29, 1.82) is 0 Å². The number of aryl methyl sites for hydroxylation is 3. The molecule has 1 unspecified atom stereocenters. The maximum Gasteiger partial charge on any atom is 0.253 e. The molecule has 2 aliphatic rings. The molecule has 0 saturated carbocycles. The first-order chi connectivity index (χ1) is 46.8. The molecule has 3 amide bonds. The van der Waals surface area contributed by atoms with Crippen LogP contribution in [-0.2, 0) is 39.1 Å². The Morgan fingerprint density at radius 2 is 1.00 bits per heavy atom. The van der Waals surface area contributed by atoms with Crippen LogP contribution in [0.4, 0.5) is 0 Å². The number of likely N-dealkylation sites (N-methyl/N-ethyl adjacent to an activating group) is 1. The van der Waals surface area contributed by atoms with Gasteiger partial charge in [-0.25, -0.2) is 0 Å². The third-order valence-corrected chi connectivity index (χ3v) is 19.1. The van der Waals surface area contributed by atoms with Gasteiger partial charge < -0.3 is 49.7 Å². The van der Waals surface area contributed by atoms with Gasteiger partial charge in [0.15, 0.2) is 0 Å². The zero-order chi connectivity index (χ0) is 67.0. The van der Waals surface area contributed by atoms with E-state index in [1.807, 2.05) is 134 Å². The molecule has 4 N–H and O–H groups in total. The maximum atomic E-state index is 13.0. The van der Waals surface area contributed by atoms with E-state index in [4.69, 9.17) is 23.2 Å². The van der Waals surface area contributed by atoms with Crippen molar-refractivity contribution in [2.24, 2.45) is 5.92 Å². The fraction of sp³-hybridized carbons (Fsp3) is 0.375. The zero-order valence-corrected chi connectivity index (χ0v) is 58.1. The number of hydrogen-bond donors (Lipinski definition) is 4. The zero-order valence-electron chi connectivity index (χ0n) is 56.6. The minimum atomic E-state index is -0.0626. The van der Waals surface area contributed by atoms with Gasteiger partial charge in [-0.1, -0.05) is 159 Å². The summed E-state index contributed by atoms with van der Waals surface area (Å²) in [5, 5.41) is 17.1. The minimum absolute atomic E-state index is 0.0171. The minimum Gasteiger partial charge on any atom is -0.352 e. The van der Waals surface area contributed by atoms with Crippen molar-refractivity contribution in [3.8, 4) is 0 Å². The van der Waals surface area contributed by atoms with Crippen LogP contribution in [0.2, 0.25) is 10.0 Å². The highest BCUT2D eigenvalue weighted by molar-refractivity contribution is 6.30. The average molecular weight is 1330 g/mol. The van der Waals surface area contributed by atoms with Crippen LogP contribution >= 0.6 is 23.2 Å². The van der Waals surface area contributed by atoms with Gasteiger partial charge in [0.1, 0.15) is 0 Å². The number of aromatic nitrogens is 4. The summed E-state index contributed by atoms with van der Waals surface area (Å²) >= 11 is 11.9. The van der Waals surface area contributed by atoms with Gasteiger partial charge in [0.2, 0.25) is 0 Å². The summed E-state index contributed by atoms with van der Waals surface area (Å²) in [5.74, 6) is 0.862. The van der Waals surface area contributed by atoms with Gasteiger partial charge in [0.05, 0.1) is 16.7 Å². The maximum absolute atomic E-state index is 13.0. The van der Waals surface area contributed by atoms with E-state index in [1.54, 1.807) is 0 Å². The first-order valence-electron chi connectivity index (χ1n) is 34.7. The van der Waals surface area contributed by atoms with E-state index in [0.717, 1.165) is 145 Å². The summed E-state index contributed by atoms with van der Waals surface area (Å²) in [5.41, 5.74) is 10.1. The number of para-hydroxylation sites is 3. The molecule has 504 valence electrons. The molecule has 6 heterocycles. The summed E-state index contributed by atoms with van der Waals surface area (Å²) < 4.78 is 6.66. The molecule has 1 atom stereocenters. The molecule has 0 spiro atoms. The second-order valence-corrected chi connectivity index (χ2v) is 27.1. The van der Waals surface area contributed by atoms with Crippen molar-refractivity contribution in [3.63, 3.8) is 0 Å². The quantitative estimate of drug-likeness (QED) is 0.0356. The van der Waals surface area contributed by atoms with E-state index in [2.05, 4.69) is 143 Å². The molecule has 10 aromatic rings. The van der Waals surface area contributed by atoms with Gasteiger partial charge in [-0.2, -0.15) is 0 Å². The fourth-order valence-electron chi connectivity index (χ4n) is 13.1. The first kappa shape index (κ1) is 70.7. The predicted molar refractivity (Wildman–Crippen MR) is 396 cm³/mol. The number of pyridine rings is 1. The molecule has 12 rings (SSSR count). The fourth-order valence-corrected chi connectivity index (χ4v) is 13.4. The number of halogens is 2. The Labute approximate surface area is 578 Å². The first-order valence-corrected chi connectivity index (χ1v) is 35.5. The van der Waals surface area contributed by atoms with Crippen molar-refractivity contribution in [2.45, 2.75) is 117 Å². The van der Waals surface area contributed by atoms with Crippen molar-refractivity contribution < 1.29 is 14.4 Å². The number of rotatable bonds is 28. The molecule has 2 fully saturated rings. The Morgan fingerprint density at radius 3 is 1.51 bits per heavy atom. The smallest absolute Gasteiger partial charge is 0.253 e. The highest BCUT2D eigenvalue weighted by atomic mass is 35.5. The summed E-state index contributed by atoms with van der Waals surface area (Å²) in [6.07, 6.45) is 17.3. The van der Waals surface area contributed by atoms with E-state index in [0.29, 0.717) is 47.1 Å². The highest BCUT2D eigenvalue weighted by Gasteiger charge is 2.27. The van der Waals surface area contributed by atoms with E-state index in [-0.39, 0.29) is 17.7 Å². The molecule has 96 heavy (non-hydrogen) atoms. The molecule has 14 nitrogen and oxygen atoms in total. The Bertz CT molecular complexity index is 4020. The second kappa shape index (κ2) is 36.3. The molecule has 4 aromatic heterocycles. The Kier molecular flexibility index (Phi) is 26.8. The van der Waals surface area contributed by atoms with Crippen LogP contribution < -0.4 is 21.3 Å². The van der Waals surface area contributed by atoms with Gasteiger partial charge in [0.25, 0.3) is 17.7 Å². The number of amides is 3. The number of benzene rings is 6. The van der Waals surface area contributed by atoms with Gasteiger partial charge >= 0.3 is 0 Å². The molecule has 0 bridgehead atoms. The number of nitrogens with one attached hydrogen (secondary N) is 4. The lowest BCUT2D eigenvalue weighted by atomic mass is 10.0. The number of fused-ring (bicyclic) bond motifs is 3. The molecule has 16 heteroatoms. The van der Waals surface area contributed by atoms with Gasteiger partial charge in [-0.15, -0.1) is 0 Å². The number of piperidine rings is 1. The summed E-state index contributed by atoms with van der Waals surface area (Å²) in [7, 11) is 2.15. The van der Waals surface area contributed by atoms with Crippen LogP contribution in [0, 0.1) is 5.92 Å². The van der Waals surface area contributed by atoms with Gasteiger partial charge in [-0.3, -0.25) is 19.4 Å². The van der Waals surface area contributed by atoms with Gasteiger partial charge in [0, 0.05) is 138 Å². The number of hydrogen-bond acceptors (Lipinski definition) is 8. The van der Waals surface area contributed by atoms with E-state index in [9.17, 15) is 14.4 Å². The Morgan fingerprint density at radius 1 is 0.521 bits per heavy atom. The van der Waals surface area contributed by atoms with Crippen LogP contribution in [0.3, 0.4) is 0 Å². The second-order valence-electron chi connectivity index (χ2n) is 26.2. The lowest BCUT2D eigenvalue weighted by Gasteiger charge is -2.36. The van der Waals surface area contributed by atoms with Crippen LogP contribution in [0.25, 0.3) is 32.7 Å². The summed E-state index contributed by atoms with van der Waals surface area (Å²) in [4.78, 5) is 50.6. The summed E-state index contributed by atoms with van der Waals surface area (Å²) in [6.45, 7) is 20.9. The van der Waals surface area contributed by atoms with Gasteiger partial charge in [-0.05, 0) is 181 Å². The average Bonchev–Trinajstić information content (AvgIpc) is 1.72. The topological polar surface area (TPSA) is 137 Å². The normalized spacial score (nSPS) is 14.0. The van der Waals surface area contributed by atoms with Crippen molar-refractivity contribution in [1.82, 2.24) is 54.7 Å². The Balaban J connectivity index is 0.000000157.